The monoisotopic (exact) mass is 423 g/mol. The van der Waals surface area contributed by atoms with E-state index < -0.39 is 16.0 Å². The summed E-state index contributed by atoms with van der Waals surface area (Å²) in [4.78, 5) is 12.0. The molecule has 0 fully saturated rings. The van der Waals surface area contributed by atoms with Crippen molar-refractivity contribution in [2.45, 2.75) is 19.8 Å². The SMILES string of the molecule is CCOC(=O)/C(C#N)=C/Nc1ccccc1NS(=O)(=O)C1=Cc2ccccc2CC1. The summed E-state index contributed by atoms with van der Waals surface area (Å²) in [5.74, 6) is -0.753. The lowest BCUT2D eigenvalue weighted by Crippen LogP contribution is -2.18. The van der Waals surface area contributed by atoms with Gasteiger partial charge in [0.1, 0.15) is 6.07 Å². The van der Waals surface area contributed by atoms with Gasteiger partial charge in [-0.05, 0) is 49.1 Å². The van der Waals surface area contributed by atoms with Crippen LogP contribution in [0.1, 0.15) is 24.5 Å². The van der Waals surface area contributed by atoms with Crippen LogP contribution in [-0.2, 0) is 26.0 Å². The highest BCUT2D eigenvalue weighted by Gasteiger charge is 2.22. The van der Waals surface area contributed by atoms with E-state index >= 15 is 0 Å². The number of allylic oxidation sites excluding steroid dienone is 1. The lowest BCUT2D eigenvalue weighted by atomic mass is 9.98. The van der Waals surface area contributed by atoms with Crippen LogP contribution in [0.4, 0.5) is 11.4 Å². The van der Waals surface area contributed by atoms with Crippen LogP contribution in [0.2, 0.25) is 0 Å². The Hall–Kier alpha value is -3.57. The number of nitriles is 1. The van der Waals surface area contributed by atoms with Crippen LogP contribution in [0, 0.1) is 11.3 Å². The number of sulfonamides is 1. The van der Waals surface area contributed by atoms with Gasteiger partial charge in [-0.2, -0.15) is 5.26 Å². The maximum absolute atomic E-state index is 13.0. The highest BCUT2D eigenvalue weighted by atomic mass is 32.2. The van der Waals surface area contributed by atoms with Crippen LogP contribution in [0.5, 0.6) is 0 Å². The smallest absolute Gasteiger partial charge is 0.350 e. The molecule has 0 unspecified atom stereocenters. The van der Waals surface area contributed by atoms with Gasteiger partial charge in [0.2, 0.25) is 0 Å². The van der Waals surface area contributed by atoms with E-state index in [0.717, 1.165) is 11.1 Å². The quantitative estimate of drug-likeness (QED) is 0.398. The first-order chi connectivity index (χ1) is 14.4. The number of anilines is 2. The third-order valence-corrected chi connectivity index (χ3v) is 6.02. The molecule has 7 nitrogen and oxygen atoms in total. The normalized spacial score (nSPS) is 13.5. The molecular weight excluding hydrogens is 402 g/mol. The molecule has 0 heterocycles. The molecule has 2 aromatic carbocycles. The van der Waals surface area contributed by atoms with Crippen molar-refractivity contribution in [1.82, 2.24) is 0 Å². The first-order valence-corrected chi connectivity index (χ1v) is 10.9. The van der Waals surface area contributed by atoms with Crippen LogP contribution < -0.4 is 10.0 Å². The molecule has 0 aliphatic heterocycles. The fourth-order valence-electron chi connectivity index (χ4n) is 3.02. The van der Waals surface area contributed by atoms with Crippen LogP contribution in [0.15, 0.2) is 65.2 Å². The molecule has 0 atom stereocenters. The molecule has 30 heavy (non-hydrogen) atoms. The minimum atomic E-state index is -3.78. The lowest BCUT2D eigenvalue weighted by molar-refractivity contribution is -0.138. The maximum Gasteiger partial charge on any atom is 0.350 e. The number of aryl methyl sites for hydroxylation is 1. The van der Waals surface area contributed by atoms with Gasteiger partial charge in [0.25, 0.3) is 10.0 Å². The predicted molar refractivity (Wildman–Crippen MR) is 116 cm³/mol. The van der Waals surface area contributed by atoms with E-state index in [1.165, 1.54) is 6.20 Å². The van der Waals surface area contributed by atoms with Crippen molar-refractivity contribution in [1.29, 1.82) is 5.26 Å². The molecule has 0 radical (unpaired) electrons. The van der Waals surface area contributed by atoms with E-state index in [0.29, 0.717) is 29.1 Å². The molecule has 8 heteroatoms. The summed E-state index contributed by atoms with van der Waals surface area (Å²) >= 11 is 0. The molecule has 2 N–H and O–H groups in total. The molecule has 0 saturated carbocycles. The van der Waals surface area contributed by atoms with E-state index in [4.69, 9.17) is 10.00 Å². The van der Waals surface area contributed by atoms with Gasteiger partial charge in [-0.25, -0.2) is 13.2 Å². The Bertz CT molecular complexity index is 1160. The number of carbonyl (C=O) groups is 1. The zero-order chi connectivity index (χ0) is 21.6. The van der Waals surface area contributed by atoms with Crippen LogP contribution in [0.25, 0.3) is 6.08 Å². The molecular formula is C22H21N3O4S. The average molecular weight is 423 g/mol. The van der Waals surface area contributed by atoms with Gasteiger partial charge in [-0.3, -0.25) is 4.72 Å². The zero-order valence-corrected chi connectivity index (χ0v) is 17.2. The largest absolute Gasteiger partial charge is 0.462 e. The van der Waals surface area contributed by atoms with Crippen LogP contribution >= 0.6 is 0 Å². The molecule has 154 valence electrons. The molecule has 1 aliphatic carbocycles. The summed E-state index contributed by atoms with van der Waals surface area (Å²) in [5.41, 5.74) is 2.49. The van der Waals surface area contributed by atoms with Crippen LogP contribution in [-0.4, -0.2) is 21.0 Å². The number of hydrogen-bond donors (Lipinski definition) is 2. The molecule has 1 aliphatic rings. The van der Waals surface area contributed by atoms with E-state index in [1.807, 2.05) is 24.3 Å². The van der Waals surface area contributed by atoms with Gasteiger partial charge in [0, 0.05) is 6.20 Å². The Morgan fingerprint density at radius 2 is 1.83 bits per heavy atom. The number of nitrogens with zero attached hydrogens (tertiary/aromatic N) is 1. The fraction of sp³-hybridized carbons (Fsp3) is 0.182. The summed E-state index contributed by atoms with van der Waals surface area (Å²) in [6.07, 6.45) is 3.94. The third-order valence-electron chi connectivity index (χ3n) is 4.52. The second-order valence-electron chi connectivity index (χ2n) is 6.50. The first-order valence-electron chi connectivity index (χ1n) is 9.39. The zero-order valence-electron chi connectivity index (χ0n) is 16.4. The fourth-order valence-corrected chi connectivity index (χ4v) is 4.27. The lowest BCUT2D eigenvalue weighted by Gasteiger charge is -2.18. The second-order valence-corrected chi connectivity index (χ2v) is 8.23. The second kappa shape index (κ2) is 9.29. The highest BCUT2D eigenvalue weighted by Crippen LogP contribution is 2.30. The summed E-state index contributed by atoms with van der Waals surface area (Å²) < 4.78 is 33.3. The average Bonchev–Trinajstić information content (AvgIpc) is 2.75. The minimum Gasteiger partial charge on any atom is -0.462 e. The Balaban J connectivity index is 1.84. The predicted octanol–water partition coefficient (Wildman–Crippen LogP) is 3.80. The van der Waals surface area contributed by atoms with Gasteiger partial charge in [-0.1, -0.05) is 36.4 Å². The number of hydrogen-bond acceptors (Lipinski definition) is 6. The maximum atomic E-state index is 13.0. The van der Waals surface area contributed by atoms with Crippen molar-refractivity contribution in [3.8, 4) is 6.07 Å². The van der Waals surface area contributed by atoms with E-state index in [2.05, 4.69) is 10.0 Å². The summed E-state index contributed by atoms with van der Waals surface area (Å²) in [6, 6.07) is 16.1. The molecule has 0 bridgehead atoms. The van der Waals surface area contributed by atoms with Gasteiger partial charge in [0.05, 0.1) is 22.9 Å². The molecule has 2 aromatic rings. The molecule has 0 saturated heterocycles. The number of nitrogens with one attached hydrogen (secondary N) is 2. The number of carbonyl (C=O) groups excluding carboxylic acids is 1. The van der Waals surface area contributed by atoms with E-state index in [1.54, 1.807) is 43.3 Å². The molecule has 0 aromatic heterocycles. The van der Waals surface area contributed by atoms with Gasteiger partial charge in [0.15, 0.2) is 5.57 Å². The van der Waals surface area contributed by atoms with Gasteiger partial charge in [-0.15, -0.1) is 0 Å². The van der Waals surface area contributed by atoms with Crippen molar-refractivity contribution < 1.29 is 17.9 Å². The number of fused-ring (bicyclic) bond motifs is 1. The van der Waals surface area contributed by atoms with Crippen molar-refractivity contribution in [3.05, 3.63) is 76.3 Å². The van der Waals surface area contributed by atoms with Gasteiger partial charge < -0.3 is 10.1 Å². The molecule has 0 amide bonds. The number of rotatable bonds is 7. The van der Waals surface area contributed by atoms with Crippen molar-refractivity contribution in [2.75, 3.05) is 16.6 Å². The highest BCUT2D eigenvalue weighted by molar-refractivity contribution is 7.96. The van der Waals surface area contributed by atoms with Crippen molar-refractivity contribution in [2.24, 2.45) is 0 Å². The third kappa shape index (κ3) is 4.88. The first kappa shape index (κ1) is 21.1. The Morgan fingerprint density at radius 3 is 2.57 bits per heavy atom. The van der Waals surface area contributed by atoms with Crippen molar-refractivity contribution >= 4 is 33.4 Å². The number of para-hydroxylation sites is 2. The standard InChI is InChI=1S/C22H21N3O4S/c1-2-29-22(26)18(14-23)15-24-20-9-5-6-10-21(20)25-30(27,28)19-12-11-16-7-3-4-8-17(16)13-19/h3-10,13,15,24-25H,2,11-12H2,1H3/b18-15+. The Morgan fingerprint density at radius 1 is 1.13 bits per heavy atom. The molecule has 0 spiro atoms. The molecule has 3 rings (SSSR count). The summed E-state index contributed by atoms with van der Waals surface area (Å²) in [7, 11) is -3.78. The number of ether oxygens (including phenoxy) is 1. The summed E-state index contributed by atoms with van der Waals surface area (Å²) in [6.45, 7) is 1.79. The Labute approximate surface area is 175 Å². The minimum absolute atomic E-state index is 0.145. The number of esters is 1. The Kier molecular flexibility index (Phi) is 6.54. The van der Waals surface area contributed by atoms with Crippen molar-refractivity contribution in [3.63, 3.8) is 0 Å². The van der Waals surface area contributed by atoms with Crippen LogP contribution in [0.3, 0.4) is 0 Å². The van der Waals surface area contributed by atoms with E-state index in [9.17, 15) is 13.2 Å². The number of benzene rings is 2. The van der Waals surface area contributed by atoms with Gasteiger partial charge >= 0.3 is 5.97 Å². The summed E-state index contributed by atoms with van der Waals surface area (Å²) in [5, 5.41) is 11.9. The van der Waals surface area contributed by atoms with E-state index in [-0.39, 0.29) is 12.2 Å². The topological polar surface area (TPSA) is 108 Å².